The molecule has 0 aromatic heterocycles. The van der Waals surface area contributed by atoms with Crippen molar-refractivity contribution in [1.29, 1.82) is 0 Å². The van der Waals surface area contributed by atoms with Gasteiger partial charge in [-0.25, -0.2) is 0 Å². The van der Waals surface area contributed by atoms with E-state index in [0.717, 1.165) is 83.1 Å². The Labute approximate surface area is 284 Å². The van der Waals surface area contributed by atoms with E-state index in [0.29, 0.717) is 24.2 Å². The number of carboxylic acids is 1. The lowest BCUT2D eigenvalue weighted by atomic mass is 9.41. The van der Waals surface area contributed by atoms with E-state index in [9.17, 15) is 14.7 Å². The fourth-order valence-corrected chi connectivity index (χ4v) is 13.3. The van der Waals surface area contributed by atoms with Crippen LogP contribution in [0.1, 0.15) is 111 Å². The highest BCUT2D eigenvalue weighted by molar-refractivity contribution is 5.90. The topological polar surface area (TPSA) is 79.3 Å². The zero-order valence-corrected chi connectivity index (χ0v) is 30.2. The fourth-order valence-electron chi connectivity index (χ4n) is 13.3. The summed E-state index contributed by atoms with van der Waals surface area (Å²) in [5.41, 5.74) is -1.54. The van der Waals surface area contributed by atoms with Crippen molar-refractivity contribution < 1.29 is 24.2 Å². The van der Waals surface area contributed by atoms with Crippen LogP contribution in [-0.4, -0.2) is 91.3 Å². The largest absolute Gasteiger partial charge is 0.481 e. The molecule has 7 aliphatic rings. The Hall–Kier alpha value is -1.28. The van der Waals surface area contributed by atoms with Crippen LogP contribution in [0, 0.1) is 51.8 Å². The van der Waals surface area contributed by atoms with Gasteiger partial charge in [0.25, 0.3) is 0 Å². The number of methoxy groups -OCH3 is 1. The Kier molecular flexibility index (Phi) is 9.31. The van der Waals surface area contributed by atoms with Gasteiger partial charge < -0.3 is 29.2 Å². The molecular formula is C40H64N2O5. The van der Waals surface area contributed by atoms with E-state index < -0.39 is 22.2 Å². The first-order valence-electron chi connectivity index (χ1n) is 19.7. The Bertz CT molecular complexity index is 1200. The van der Waals surface area contributed by atoms with Gasteiger partial charge in [0.05, 0.1) is 23.2 Å². The third kappa shape index (κ3) is 4.93. The number of ether oxygens (including phenoxy) is 2. The molecule has 7 heteroatoms. The molecule has 1 N–H and O–H groups in total. The molecule has 3 saturated carbocycles. The van der Waals surface area contributed by atoms with E-state index in [1.54, 1.807) is 0 Å². The number of fused-ring (bicyclic) bond motifs is 2. The van der Waals surface area contributed by atoms with Gasteiger partial charge >= 0.3 is 5.97 Å². The van der Waals surface area contributed by atoms with Gasteiger partial charge in [-0.05, 0) is 106 Å². The number of carbonyl (C=O) groups is 2. The van der Waals surface area contributed by atoms with Gasteiger partial charge in [-0.2, -0.15) is 0 Å². The van der Waals surface area contributed by atoms with Crippen LogP contribution in [0.25, 0.3) is 0 Å². The lowest BCUT2D eigenvalue weighted by molar-refractivity contribution is -0.197. The number of hydrogen-bond acceptors (Lipinski definition) is 6. The fraction of sp³-hybridized carbons (Fsp3) is 0.900. The Morgan fingerprint density at radius 1 is 1.11 bits per heavy atom. The van der Waals surface area contributed by atoms with Gasteiger partial charge in [0.15, 0.2) is 0 Å². The summed E-state index contributed by atoms with van der Waals surface area (Å²) in [6.07, 6.45) is 17.6. The number of nitrogens with zero attached hydrogens (tertiary/aromatic N) is 2. The van der Waals surface area contributed by atoms with Gasteiger partial charge in [0.2, 0.25) is 0 Å². The Morgan fingerprint density at radius 2 is 1.85 bits per heavy atom. The minimum atomic E-state index is -1.15. The van der Waals surface area contributed by atoms with E-state index in [4.69, 9.17) is 9.47 Å². The number of piperidine rings is 2. The van der Waals surface area contributed by atoms with Crippen LogP contribution in [0.4, 0.5) is 0 Å². The summed E-state index contributed by atoms with van der Waals surface area (Å²) < 4.78 is 13.7. The number of unbranched alkanes of at least 4 members (excludes halogenated alkanes) is 1. The third-order valence-electron chi connectivity index (χ3n) is 15.5. The standard InChI is InChI=1S/C40H64N2O5/c1-6-7-11-29-20-35(47-34(29)24-41-18-14-37(46-5,15-19-41)25-42-16-9-8-10-17-42)39-23-31-28(4)12-13-32(31)38(26-43)22-30(39)21-33(27(2)3)40(38,39)36(44)45/h21,26-32,34-35H,6-20,22-25H2,1-5H3,(H,44,45)/t28-,29?,30?,31-,32-,34?,35?,38?,39?,40?/m1/s1. The number of rotatable bonds is 12. The molecule has 0 aromatic rings. The molecule has 0 radical (unpaired) electrons. The summed E-state index contributed by atoms with van der Waals surface area (Å²) in [4.78, 5) is 33.0. The number of carboxylic acid groups (broad SMARTS) is 1. The molecule has 4 aliphatic carbocycles. The van der Waals surface area contributed by atoms with Crippen LogP contribution in [0.15, 0.2) is 11.6 Å². The van der Waals surface area contributed by atoms with Crippen LogP contribution in [0.5, 0.6) is 0 Å². The maximum atomic E-state index is 14.1. The molecule has 264 valence electrons. The minimum Gasteiger partial charge on any atom is -0.481 e. The second-order valence-corrected chi connectivity index (χ2v) is 17.7. The van der Waals surface area contributed by atoms with Gasteiger partial charge in [-0.15, -0.1) is 0 Å². The van der Waals surface area contributed by atoms with E-state index in [2.05, 4.69) is 43.6 Å². The quantitative estimate of drug-likeness (QED) is 0.183. The first-order chi connectivity index (χ1) is 22.6. The van der Waals surface area contributed by atoms with Gasteiger partial charge in [-0.1, -0.05) is 65.0 Å². The molecule has 0 spiro atoms. The highest BCUT2D eigenvalue weighted by atomic mass is 16.5. The summed E-state index contributed by atoms with van der Waals surface area (Å²) in [5.74, 6) is 0.962. The van der Waals surface area contributed by atoms with Crippen molar-refractivity contribution in [2.45, 2.75) is 129 Å². The Balaban J connectivity index is 1.16. The van der Waals surface area contributed by atoms with Crippen LogP contribution < -0.4 is 0 Å². The van der Waals surface area contributed by atoms with Crippen LogP contribution in [-0.2, 0) is 19.1 Å². The second-order valence-electron chi connectivity index (χ2n) is 17.7. The van der Waals surface area contributed by atoms with Crippen LogP contribution in [0.2, 0.25) is 0 Å². The van der Waals surface area contributed by atoms with Crippen molar-refractivity contribution in [3.63, 3.8) is 0 Å². The first-order valence-corrected chi connectivity index (χ1v) is 19.7. The number of aldehydes is 1. The maximum absolute atomic E-state index is 14.1. The maximum Gasteiger partial charge on any atom is 0.315 e. The number of aliphatic carboxylic acids is 1. The average molecular weight is 653 g/mol. The van der Waals surface area contributed by atoms with Gasteiger partial charge in [0.1, 0.15) is 11.7 Å². The van der Waals surface area contributed by atoms with Gasteiger partial charge in [-0.3, -0.25) is 4.79 Å². The van der Waals surface area contributed by atoms with Crippen molar-refractivity contribution in [3.8, 4) is 0 Å². The molecule has 3 aliphatic heterocycles. The second kappa shape index (κ2) is 12.8. The molecular weight excluding hydrogens is 588 g/mol. The van der Waals surface area contributed by atoms with E-state index in [1.807, 2.05) is 7.11 Å². The van der Waals surface area contributed by atoms with Gasteiger partial charge in [0, 0.05) is 38.7 Å². The number of carbonyl (C=O) groups excluding carboxylic acids is 1. The molecule has 10 atom stereocenters. The summed E-state index contributed by atoms with van der Waals surface area (Å²) in [6.45, 7) is 15.3. The van der Waals surface area contributed by atoms with Crippen molar-refractivity contribution in [2.24, 2.45) is 51.8 Å². The number of likely N-dealkylation sites (tertiary alicyclic amines) is 2. The smallest absolute Gasteiger partial charge is 0.315 e. The van der Waals surface area contributed by atoms with Crippen molar-refractivity contribution in [2.75, 3.05) is 46.4 Å². The highest BCUT2D eigenvalue weighted by Gasteiger charge is 2.86. The van der Waals surface area contributed by atoms with Crippen molar-refractivity contribution in [3.05, 3.63) is 11.6 Å². The van der Waals surface area contributed by atoms with Crippen LogP contribution in [0.3, 0.4) is 0 Å². The molecule has 0 amide bonds. The SMILES string of the molecule is CCCCC1CC(C23C[C@@H]4[C@H](C)CC[C@H]4C4(C=O)CC2C=C(C(C)C)C34C(=O)O)OC1CN1CCC(CN2CCCCC2)(OC)CC1. The first kappa shape index (κ1) is 34.2. The molecule has 7 unspecified atom stereocenters. The molecule has 47 heavy (non-hydrogen) atoms. The summed E-state index contributed by atoms with van der Waals surface area (Å²) in [6, 6.07) is 0. The predicted molar refractivity (Wildman–Crippen MR) is 184 cm³/mol. The van der Waals surface area contributed by atoms with E-state index in [-0.39, 0.29) is 35.6 Å². The monoisotopic (exact) mass is 652 g/mol. The molecule has 3 heterocycles. The van der Waals surface area contributed by atoms with Crippen LogP contribution >= 0.6 is 0 Å². The number of allylic oxidation sites excluding steroid dienone is 1. The molecule has 4 bridgehead atoms. The zero-order valence-electron chi connectivity index (χ0n) is 30.2. The predicted octanol–water partition coefficient (Wildman–Crippen LogP) is 6.84. The van der Waals surface area contributed by atoms with Crippen molar-refractivity contribution in [1.82, 2.24) is 9.80 Å². The van der Waals surface area contributed by atoms with E-state index in [1.165, 1.54) is 45.1 Å². The molecule has 0 aromatic carbocycles. The number of hydrogen-bond donors (Lipinski definition) is 1. The summed E-state index contributed by atoms with van der Waals surface area (Å²) in [7, 11) is 1.91. The molecule has 7 nitrogen and oxygen atoms in total. The average Bonchev–Trinajstić information content (AvgIpc) is 3.78. The summed E-state index contributed by atoms with van der Waals surface area (Å²) >= 11 is 0. The lowest BCUT2D eigenvalue weighted by Gasteiger charge is -2.60. The molecule has 3 saturated heterocycles. The lowest BCUT2D eigenvalue weighted by Crippen LogP contribution is -2.65. The summed E-state index contributed by atoms with van der Waals surface area (Å²) in [5, 5.41) is 11.6. The Morgan fingerprint density at radius 3 is 2.49 bits per heavy atom. The van der Waals surface area contributed by atoms with Crippen molar-refractivity contribution >= 4 is 12.3 Å². The molecule has 6 fully saturated rings. The minimum absolute atomic E-state index is 0.0575. The molecule has 7 rings (SSSR count). The van der Waals surface area contributed by atoms with E-state index >= 15 is 0 Å². The highest BCUT2D eigenvalue weighted by Crippen LogP contribution is 2.84. The zero-order chi connectivity index (χ0) is 33.2. The normalized spacial score (nSPS) is 44.6. The third-order valence-corrected chi connectivity index (χ3v) is 15.5.